The highest BCUT2D eigenvalue weighted by Gasteiger charge is 2.14. The normalized spacial score (nSPS) is 10.6. The van der Waals surface area contributed by atoms with Gasteiger partial charge >= 0.3 is 6.03 Å². The van der Waals surface area contributed by atoms with Crippen molar-refractivity contribution in [3.63, 3.8) is 0 Å². The summed E-state index contributed by atoms with van der Waals surface area (Å²) >= 11 is 0. The van der Waals surface area contributed by atoms with E-state index in [4.69, 9.17) is 4.74 Å². The molecule has 1 N–H and O–H groups in total. The van der Waals surface area contributed by atoms with Gasteiger partial charge in [-0.1, -0.05) is 18.2 Å². The topological polar surface area (TPSA) is 57.7 Å². The van der Waals surface area contributed by atoms with Crippen LogP contribution >= 0.6 is 0 Å². The first-order valence-corrected chi connectivity index (χ1v) is 8.78. The minimum absolute atomic E-state index is 0.0569. The molecule has 1 aromatic heterocycles. The van der Waals surface area contributed by atoms with Crippen LogP contribution in [0.2, 0.25) is 0 Å². The monoisotopic (exact) mass is 356 g/mol. The van der Waals surface area contributed by atoms with Crippen molar-refractivity contribution < 1.29 is 9.53 Å². The number of hydrogen-bond donors (Lipinski definition) is 1. The highest BCUT2D eigenvalue weighted by atomic mass is 16.5. The first-order chi connectivity index (χ1) is 12.6. The predicted octanol–water partition coefficient (Wildman–Crippen LogP) is 2.41. The number of ether oxygens (including phenoxy) is 1. The van der Waals surface area contributed by atoms with Crippen LogP contribution in [0.3, 0.4) is 0 Å². The lowest BCUT2D eigenvalue weighted by atomic mass is 10.1. The first kappa shape index (κ1) is 19.7. The van der Waals surface area contributed by atoms with E-state index in [-0.39, 0.29) is 6.03 Å². The summed E-state index contributed by atoms with van der Waals surface area (Å²) in [5.41, 5.74) is 2.16. The van der Waals surface area contributed by atoms with Crippen molar-refractivity contribution >= 4 is 6.03 Å². The zero-order valence-corrected chi connectivity index (χ0v) is 15.8. The molecule has 2 amide bonds. The molecule has 1 heterocycles. The molecule has 2 aromatic rings. The first-order valence-electron chi connectivity index (χ1n) is 8.78. The number of nitrogens with one attached hydrogen (secondary N) is 1. The number of carbonyl (C=O) groups excluding carboxylic acids is 1. The summed E-state index contributed by atoms with van der Waals surface area (Å²) in [6.07, 6.45) is 4.30. The van der Waals surface area contributed by atoms with Gasteiger partial charge in [0.1, 0.15) is 5.75 Å². The molecule has 1 aromatic carbocycles. The van der Waals surface area contributed by atoms with Crippen molar-refractivity contribution in [2.75, 3.05) is 40.8 Å². The Bertz CT molecular complexity index is 677. The largest absolute Gasteiger partial charge is 0.497 e. The maximum absolute atomic E-state index is 12.6. The van der Waals surface area contributed by atoms with Crippen molar-refractivity contribution in [1.29, 1.82) is 0 Å². The van der Waals surface area contributed by atoms with Gasteiger partial charge in [-0.25, -0.2) is 4.79 Å². The maximum atomic E-state index is 12.6. The molecule has 6 heteroatoms. The molecule has 0 saturated carbocycles. The van der Waals surface area contributed by atoms with Gasteiger partial charge in [0.15, 0.2) is 0 Å². The summed E-state index contributed by atoms with van der Waals surface area (Å²) < 4.78 is 5.24. The number of aromatic nitrogens is 1. The average Bonchev–Trinajstić information content (AvgIpc) is 2.66. The van der Waals surface area contributed by atoms with Gasteiger partial charge < -0.3 is 19.9 Å². The smallest absolute Gasteiger partial charge is 0.317 e. The number of amides is 2. The number of methoxy groups -OCH3 is 1. The SMILES string of the molecule is COc1cccc(CCNC(=O)N(CCN(C)C)Cc2cccnc2)c1. The van der Waals surface area contributed by atoms with Crippen molar-refractivity contribution in [2.45, 2.75) is 13.0 Å². The van der Waals surface area contributed by atoms with Crippen LogP contribution in [0.25, 0.3) is 0 Å². The van der Waals surface area contributed by atoms with Crippen LogP contribution in [0, 0.1) is 0 Å². The van der Waals surface area contributed by atoms with Gasteiger partial charge in [-0.15, -0.1) is 0 Å². The fourth-order valence-electron chi connectivity index (χ4n) is 2.54. The van der Waals surface area contributed by atoms with Crippen LogP contribution in [0.4, 0.5) is 4.79 Å². The van der Waals surface area contributed by atoms with Gasteiger partial charge in [-0.3, -0.25) is 4.98 Å². The highest BCUT2D eigenvalue weighted by Crippen LogP contribution is 2.12. The summed E-state index contributed by atoms with van der Waals surface area (Å²) in [5.74, 6) is 0.831. The summed E-state index contributed by atoms with van der Waals surface area (Å²) in [5, 5.41) is 3.02. The number of hydrogen-bond acceptors (Lipinski definition) is 4. The second-order valence-electron chi connectivity index (χ2n) is 6.42. The average molecular weight is 356 g/mol. The standard InChI is InChI=1S/C20H28N4O2/c1-23(2)12-13-24(16-18-7-5-10-21-15-18)20(25)22-11-9-17-6-4-8-19(14-17)26-3/h4-8,10,14-15H,9,11-13,16H2,1-3H3,(H,22,25). The van der Waals surface area contributed by atoms with Crippen LogP contribution in [-0.2, 0) is 13.0 Å². The van der Waals surface area contributed by atoms with E-state index < -0.39 is 0 Å². The summed E-state index contributed by atoms with van der Waals surface area (Å²) in [6, 6.07) is 11.7. The maximum Gasteiger partial charge on any atom is 0.317 e. The minimum atomic E-state index is -0.0569. The summed E-state index contributed by atoms with van der Waals surface area (Å²) in [6.45, 7) is 2.60. The number of urea groups is 1. The third kappa shape index (κ3) is 6.72. The molecule has 0 aliphatic heterocycles. The van der Waals surface area contributed by atoms with Crippen molar-refractivity contribution in [3.8, 4) is 5.75 Å². The minimum Gasteiger partial charge on any atom is -0.497 e. The predicted molar refractivity (Wildman–Crippen MR) is 103 cm³/mol. The second kappa shape index (κ2) is 10.4. The third-order valence-electron chi connectivity index (χ3n) is 4.02. The molecule has 0 atom stereocenters. The third-order valence-corrected chi connectivity index (χ3v) is 4.02. The number of likely N-dealkylation sites (N-methyl/N-ethyl adjacent to an activating group) is 1. The quantitative estimate of drug-likeness (QED) is 0.750. The fraction of sp³-hybridized carbons (Fsp3) is 0.400. The van der Waals surface area contributed by atoms with Crippen LogP contribution in [0.1, 0.15) is 11.1 Å². The fourth-order valence-corrected chi connectivity index (χ4v) is 2.54. The van der Waals surface area contributed by atoms with Gasteiger partial charge in [-0.2, -0.15) is 0 Å². The van der Waals surface area contributed by atoms with Gasteiger partial charge in [0.05, 0.1) is 7.11 Å². The molecule has 6 nitrogen and oxygen atoms in total. The molecule has 26 heavy (non-hydrogen) atoms. The lowest BCUT2D eigenvalue weighted by Crippen LogP contribution is -2.43. The number of pyridine rings is 1. The number of carbonyl (C=O) groups is 1. The molecule has 0 unspecified atom stereocenters. The molecule has 0 saturated heterocycles. The zero-order chi connectivity index (χ0) is 18.8. The van der Waals surface area contributed by atoms with Crippen molar-refractivity contribution in [3.05, 3.63) is 59.9 Å². The van der Waals surface area contributed by atoms with Crippen molar-refractivity contribution in [1.82, 2.24) is 20.1 Å². The molecule has 140 valence electrons. The van der Waals surface area contributed by atoms with E-state index in [0.29, 0.717) is 19.6 Å². The molecule has 0 fully saturated rings. The van der Waals surface area contributed by atoms with Gasteiger partial charge in [0, 0.05) is 38.6 Å². The Morgan fingerprint density at radius 2 is 1.96 bits per heavy atom. The highest BCUT2D eigenvalue weighted by molar-refractivity contribution is 5.74. The van der Waals surface area contributed by atoms with Crippen molar-refractivity contribution in [2.24, 2.45) is 0 Å². The second-order valence-corrected chi connectivity index (χ2v) is 6.42. The molecule has 2 rings (SSSR count). The molecular weight excluding hydrogens is 328 g/mol. The number of benzene rings is 1. The lowest BCUT2D eigenvalue weighted by molar-refractivity contribution is 0.189. The zero-order valence-electron chi connectivity index (χ0n) is 15.8. The van der Waals surface area contributed by atoms with E-state index in [0.717, 1.165) is 29.8 Å². The number of nitrogens with zero attached hydrogens (tertiary/aromatic N) is 3. The van der Waals surface area contributed by atoms with Crippen LogP contribution in [0.15, 0.2) is 48.8 Å². The Morgan fingerprint density at radius 3 is 2.65 bits per heavy atom. The van der Waals surface area contributed by atoms with E-state index in [2.05, 4.69) is 15.2 Å². The summed E-state index contributed by atoms with van der Waals surface area (Å²) in [7, 11) is 5.66. The van der Waals surface area contributed by atoms with E-state index in [1.807, 2.05) is 55.4 Å². The van der Waals surface area contributed by atoms with Gasteiger partial charge in [0.2, 0.25) is 0 Å². The van der Waals surface area contributed by atoms with Crippen LogP contribution in [0.5, 0.6) is 5.75 Å². The van der Waals surface area contributed by atoms with E-state index in [1.165, 1.54) is 0 Å². The lowest BCUT2D eigenvalue weighted by Gasteiger charge is -2.24. The Labute approximate surface area is 155 Å². The molecule has 0 bridgehead atoms. The van der Waals surface area contributed by atoms with E-state index in [9.17, 15) is 4.79 Å². The Hall–Kier alpha value is -2.60. The van der Waals surface area contributed by atoms with Gasteiger partial charge in [-0.05, 0) is 49.8 Å². The van der Waals surface area contributed by atoms with Crippen LogP contribution < -0.4 is 10.1 Å². The molecular formula is C20H28N4O2. The van der Waals surface area contributed by atoms with E-state index in [1.54, 1.807) is 19.5 Å². The van der Waals surface area contributed by atoms with Gasteiger partial charge in [0.25, 0.3) is 0 Å². The molecule has 0 radical (unpaired) electrons. The molecule has 0 aliphatic rings. The Morgan fingerprint density at radius 1 is 1.15 bits per heavy atom. The molecule has 0 aliphatic carbocycles. The van der Waals surface area contributed by atoms with E-state index >= 15 is 0 Å². The summed E-state index contributed by atoms with van der Waals surface area (Å²) in [4.78, 5) is 20.6. The Kier molecular flexibility index (Phi) is 7.89. The number of rotatable bonds is 9. The Balaban J connectivity index is 1.90. The molecule has 0 spiro atoms. The van der Waals surface area contributed by atoms with Crippen LogP contribution in [-0.4, -0.2) is 61.7 Å².